The number of unbranched alkanes of at least 4 members (excludes halogenated alkanes) is 8. The Morgan fingerprint density at radius 2 is 1.15 bits per heavy atom. The molecule has 196 valence electrons. The Hall–Kier alpha value is -1.19. The Balaban J connectivity index is 4.53. The maximum absolute atomic E-state index is 12.3. The van der Waals surface area contributed by atoms with Crippen molar-refractivity contribution in [3.05, 3.63) is 0 Å². The molecule has 8 nitrogen and oxygen atoms in total. The molecule has 0 aliphatic carbocycles. The Kier molecular flexibility index (Phi) is 18.5. The third-order valence-electron chi connectivity index (χ3n) is 5.46. The van der Waals surface area contributed by atoms with E-state index in [1.54, 1.807) is 0 Å². The molecule has 9 heteroatoms. The maximum Gasteiger partial charge on any atom is 0.320 e. The number of hydrogen-bond acceptors (Lipinski definition) is 8. The lowest BCUT2D eigenvalue weighted by Gasteiger charge is -2.23. The third kappa shape index (κ3) is 21.1. The quantitative estimate of drug-likeness (QED) is 0.131. The van der Waals surface area contributed by atoms with Crippen LogP contribution in [0.5, 0.6) is 0 Å². The van der Waals surface area contributed by atoms with Gasteiger partial charge in [0.05, 0.1) is 41.2 Å². The summed E-state index contributed by atoms with van der Waals surface area (Å²) in [6, 6.07) is 0. The molecule has 0 radical (unpaired) electrons. The average molecular weight is 493 g/mol. The van der Waals surface area contributed by atoms with Gasteiger partial charge in [0.1, 0.15) is 0 Å². The Bertz CT molecular complexity index is 588. The van der Waals surface area contributed by atoms with Gasteiger partial charge in [0.25, 0.3) is 0 Å². The van der Waals surface area contributed by atoms with Crippen LogP contribution in [-0.4, -0.2) is 67.4 Å². The summed E-state index contributed by atoms with van der Waals surface area (Å²) < 4.78 is 43.9. The minimum atomic E-state index is -4.47. The highest BCUT2D eigenvalue weighted by molar-refractivity contribution is 7.85. The Labute approximate surface area is 201 Å². The van der Waals surface area contributed by atoms with E-state index >= 15 is 0 Å². The first-order valence-electron chi connectivity index (χ1n) is 12.6. The van der Waals surface area contributed by atoms with Crippen molar-refractivity contribution in [3.63, 3.8) is 0 Å². The zero-order chi connectivity index (χ0) is 25.1. The molecular formula is C24H46NO7S-. The lowest BCUT2D eigenvalue weighted by molar-refractivity contribution is -0.153. The van der Waals surface area contributed by atoms with Gasteiger partial charge in [-0.05, 0) is 39.5 Å². The zero-order valence-electron chi connectivity index (χ0n) is 21.2. The molecule has 0 spiro atoms. The molecule has 0 aliphatic heterocycles. The van der Waals surface area contributed by atoms with Crippen LogP contribution in [0.2, 0.25) is 0 Å². The summed E-state index contributed by atoms with van der Waals surface area (Å²) in [6.45, 7) is 7.18. The normalized spacial score (nSPS) is 13.6. The molecule has 0 amide bonds. The van der Waals surface area contributed by atoms with Gasteiger partial charge in [-0.1, -0.05) is 65.2 Å². The summed E-state index contributed by atoms with van der Waals surface area (Å²) in [5, 5.41) is 0. The number of esters is 2. The molecule has 0 aromatic rings. The highest BCUT2D eigenvalue weighted by Crippen LogP contribution is 2.11. The summed E-state index contributed by atoms with van der Waals surface area (Å²) in [5.74, 6) is -1.78. The van der Waals surface area contributed by atoms with Crippen molar-refractivity contribution in [3.8, 4) is 0 Å². The lowest BCUT2D eigenvalue weighted by atomic mass is 10.1. The minimum absolute atomic E-state index is 0.229. The van der Waals surface area contributed by atoms with Crippen LogP contribution in [0.3, 0.4) is 0 Å². The highest BCUT2D eigenvalue weighted by atomic mass is 32.2. The van der Waals surface area contributed by atoms with E-state index in [1.165, 1.54) is 30.6 Å². The van der Waals surface area contributed by atoms with Gasteiger partial charge in [-0.15, -0.1) is 0 Å². The molecule has 0 N–H and O–H groups in total. The number of carbonyl (C=O) groups excluding carboxylic acids is 2. The van der Waals surface area contributed by atoms with Gasteiger partial charge in [0, 0.05) is 6.54 Å². The van der Waals surface area contributed by atoms with Crippen LogP contribution in [0.1, 0.15) is 105 Å². The van der Waals surface area contributed by atoms with Crippen LogP contribution in [0.25, 0.3) is 0 Å². The fourth-order valence-electron chi connectivity index (χ4n) is 3.53. The van der Waals surface area contributed by atoms with Gasteiger partial charge in [0.15, 0.2) is 0 Å². The topological polar surface area (TPSA) is 113 Å². The first kappa shape index (κ1) is 31.8. The maximum atomic E-state index is 12.3. The molecule has 0 heterocycles. The van der Waals surface area contributed by atoms with Crippen LogP contribution in [0, 0.1) is 0 Å². The molecule has 0 aliphatic rings. The summed E-state index contributed by atoms with van der Waals surface area (Å²) >= 11 is 0. The second-order valence-corrected chi connectivity index (χ2v) is 10.5. The SMILES string of the molecule is CCCCCCCC(C)OC(=O)CN(CCS(=O)(=O)[O-])CC(=O)OC(C)CCCCCCC. The van der Waals surface area contributed by atoms with Crippen molar-refractivity contribution >= 4 is 22.1 Å². The number of nitrogens with zero attached hydrogens (tertiary/aromatic N) is 1. The molecule has 0 bridgehead atoms. The predicted octanol–water partition coefficient (Wildman–Crippen LogP) is 4.42. The van der Waals surface area contributed by atoms with Crippen molar-refractivity contribution < 1.29 is 32.0 Å². The summed E-state index contributed by atoms with van der Waals surface area (Å²) in [7, 11) is -4.47. The molecule has 33 heavy (non-hydrogen) atoms. The highest BCUT2D eigenvalue weighted by Gasteiger charge is 2.20. The molecule has 0 saturated heterocycles. The fourth-order valence-corrected chi connectivity index (χ4v) is 4.01. The fraction of sp³-hybridized carbons (Fsp3) is 0.917. The zero-order valence-corrected chi connectivity index (χ0v) is 22.0. The van der Waals surface area contributed by atoms with Crippen molar-refractivity contribution in [2.45, 2.75) is 117 Å². The number of rotatable bonds is 21. The van der Waals surface area contributed by atoms with Gasteiger partial charge in [-0.25, -0.2) is 8.42 Å². The Morgan fingerprint density at radius 3 is 1.52 bits per heavy atom. The second-order valence-electron chi connectivity index (χ2n) is 8.98. The smallest absolute Gasteiger partial charge is 0.320 e. The molecule has 0 aromatic carbocycles. The van der Waals surface area contributed by atoms with Crippen molar-refractivity contribution in [1.82, 2.24) is 4.90 Å². The molecular weight excluding hydrogens is 446 g/mol. The van der Waals surface area contributed by atoms with Gasteiger partial charge in [-0.2, -0.15) is 0 Å². The van der Waals surface area contributed by atoms with E-state index < -0.39 is 27.8 Å². The number of hydrogen-bond donors (Lipinski definition) is 0. The first-order valence-corrected chi connectivity index (χ1v) is 14.2. The van der Waals surface area contributed by atoms with Gasteiger partial charge >= 0.3 is 11.9 Å². The predicted molar refractivity (Wildman–Crippen MR) is 129 cm³/mol. The Morgan fingerprint density at radius 1 is 0.758 bits per heavy atom. The van der Waals surface area contributed by atoms with Gasteiger partial charge in [0.2, 0.25) is 0 Å². The van der Waals surface area contributed by atoms with Crippen LogP contribution >= 0.6 is 0 Å². The molecule has 0 aromatic heterocycles. The van der Waals surface area contributed by atoms with Gasteiger partial charge in [-0.3, -0.25) is 14.5 Å². The van der Waals surface area contributed by atoms with E-state index in [-0.39, 0.29) is 31.8 Å². The second kappa shape index (κ2) is 19.2. The van der Waals surface area contributed by atoms with Crippen molar-refractivity contribution in [2.24, 2.45) is 0 Å². The van der Waals surface area contributed by atoms with Crippen molar-refractivity contribution in [1.29, 1.82) is 0 Å². The van der Waals surface area contributed by atoms with Crippen LogP contribution < -0.4 is 0 Å². The molecule has 0 fully saturated rings. The number of carbonyl (C=O) groups is 2. The van der Waals surface area contributed by atoms with Crippen LogP contribution in [0.4, 0.5) is 0 Å². The monoisotopic (exact) mass is 492 g/mol. The van der Waals surface area contributed by atoms with E-state index in [4.69, 9.17) is 9.47 Å². The van der Waals surface area contributed by atoms with E-state index in [0.29, 0.717) is 0 Å². The van der Waals surface area contributed by atoms with E-state index in [0.717, 1.165) is 51.4 Å². The number of ether oxygens (including phenoxy) is 2. The van der Waals surface area contributed by atoms with Crippen LogP contribution in [-0.2, 0) is 29.2 Å². The molecule has 2 unspecified atom stereocenters. The first-order chi connectivity index (χ1) is 15.6. The largest absolute Gasteiger partial charge is 0.748 e. The van der Waals surface area contributed by atoms with Crippen LogP contribution in [0.15, 0.2) is 0 Å². The standard InChI is InChI=1S/C24H47NO7S/c1-5-7-9-11-13-15-21(3)31-23(26)19-25(17-18-33(28,29)30)20-24(27)32-22(4)16-14-12-10-8-6-2/h21-22H,5-20H2,1-4H3,(H,28,29,30)/p-1. The molecule has 0 saturated carbocycles. The molecule has 2 atom stereocenters. The van der Waals surface area contributed by atoms with E-state index in [1.807, 2.05) is 13.8 Å². The van der Waals surface area contributed by atoms with E-state index in [9.17, 15) is 22.6 Å². The average Bonchev–Trinajstić information content (AvgIpc) is 2.71. The third-order valence-corrected chi connectivity index (χ3v) is 6.14. The van der Waals surface area contributed by atoms with E-state index in [2.05, 4.69) is 13.8 Å². The summed E-state index contributed by atoms with van der Waals surface area (Å²) in [5.41, 5.74) is 0. The van der Waals surface area contributed by atoms with Gasteiger partial charge < -0.3 is 14.0 Å². The lowest BCUT2D eigenvalue weighted by Crippen LogP contribution is -2.40. The minimum Gasteiger partial charge on any atom is -0.748 e. The summed E-state index contributed by atoms with van der Waals surface area (Å²) in [6.07, 6.45) is 12.1. The van der Waals surface area contributed by atoms with Crippen molar-refractivity contribution in [2.75, 3.05) is 25.4 Å². The summed E-state index contributed by atoms with van der Waals surface area (Å²) in [4.78, 5) is 25.9. The molecule has 0 rings (SSSR count).